The second-order valence-corrected chi connectivity index (χ2v) is 9.02. The average Bonchev–Trinajstić information content (AvgIpc) is 3.42. The van der Waals surface area contributed by atoms with Crippen molar-refractivity contribution >= 4 is 34.3 Å². The highest BCUT2D eigenvalue weighted by Gasteiger charge is 2.11. The largest absolute Gasteiger partial charge is 0.369 e. The second kappa shape index (κ2) is 11.1. The summed E-state index contributed by atoms with van der Waals surface area (Å²) in [7, 11) is 1.64. The molecule has 3 N–H and O–H groups in total. The van der Waals surface area contributed by atoms with Gasteiger partial charge in [0.15, 0.2) is 0 Å². The van der Waals surface area contributed by atoms with Crippen LogP contribution in [0, 0.1) is 0 Å². The van der Waals surface area contributed by atoms with E-state index in [2.05, 4.69) is 43.0 Å². The molecule has 1 aliphatic heterocycles. The van der Waals surface area contributed by atoms with Crippen LogP contribution in [0.15, 0.2) is 67.0 Å². The first kappa shape index (κ1) is 23.7. The Morgan fingerprint density at radius 1 is 1.00 bits per heavy atom. The van der Waals surface area contributed by atoms with Gasteiger partial charge in [-0.2, -0.15) is 0 Å². The molecule has 1 fully saturated rings. The molecule has 5 rings (SSSR count). The summed E-state index contributed by atoms with van der Waals surface area (Å²) in [6.45, 7) is 4.35. The number of amides is 1. The van der Waals surface area contributed by atoms with Crippen molar-refractivity contribution in [2.24, 2.45) is 0 Å². The van der Waals surface area contributed by atoms with Crippen molar-refractivity contribution in [2.45, 2.75) is 19.3 Å². The zero-order valence-electron chi connectivity index (χ0n) is 20.5. The maximum atomic E-state index is 11.7. The van der Waals surface area contributed by atoms with E-state index in [9.17, 15) is 4.79 Å². The molecule has 0 spiro atoms. The molecule has 2 aromatic carbocycles. The number of likely N-dealkylation sites (N-methyl/N-ethyl adjacent to an activating group) is 1. The molecule has 1 amide bonds. The first-order valence-electron chi connectivity index (χ1n) is 12.4. The SMILES string of the molecule is CNC(=O)Cc1cccc(Nc2ncc3cccc(-c4ccc(NCCN5CCCC5)nc4)c3n2)c1. The van der Waals surface area contributed by atoms with Crippen molar-refractivity contribution in [2.75, 3.05) is 43.9 Å². The normalized spacial score (nSPS) is 13.6. The monoisotopic (exact) mass is 481 g/mol. The van der Waals surface area contributed by atoms with Crippen LogP contribution in [0.5, 0.6) is 0 Å². The first-order chi connectivity index (χ1) is 17.7. The van der Waals surface area contributed by atoms with Crippen LogP contribution in [0.2, 0.25) is 0 Å². The highest BCUT2D eigenvalue weighted by Crippen LogP contribution is 2.28. The fourth-order valence-corrected chi connectivity index (χ4v) is 4.52. The van der Waals surface area contributed by atoms with Gasteiger partial charge in [-0.25, -0.2) is 15.0 Å². The Kier molecular flexibility index (Phi) is 7.33. The molecule has 1 saturated heterocycles. The molecular formula is C28H31N7O. The van der Waals surface area contributed by atoms with Gasteiger partial charge < -0.3 is 20.9 Å². The third kappa shape index (κ3) is 5.78. The molecule has 4 aromatic rings. The molecule has 0 unspecified atom stereocenters. The predicted molar refractivity (Wildman–Crippen MR) is 144 cm³/mol. The Balaban J connectivity index is 1.32. The fourth-order valence-electron chi connectivity index (χ4n) is 4.52. The van der Waals surface area contributed by atoms with Gasteiger partial charge in [-0.15, -0.1) is 0 Å². The second-order valence-electron chi connectivity index (χ2n) is 9.02. The van der Waals surface area contributed by atoms with Gasteiger partial charge in [0, 0.05) is 54.7 Å². The van der Waals surface area contributed by atoms with Crippen LogP contribution < -0.4 is 16.0 Å². The van der Waals surface area contributed by atoms with Gasteiger partial charge in [0.05, 0.1) is 11.9 Å². The van der Waals surface area contributed by atoms with Crippen LogP contribution >= 0.6 is 0 Å². The van der Waals surface area contributed by atoms with Gasteiger partial charge in [-0.1, -0.05) is 30.3 Å². The highest BCUT2D eigenvalue weighted by molar-refractivity contribution is 5.93. The quantitative estimate of drug-likeness (QED) is 0.329. The number of carbonyl (C=O) groups excluding carboxylic acids is 1. The van der Waals surface area contributed by atoms with Crippen LogP contribution in [0.4, 0.5) is 17.5 Å². The van der Waals surface area contributed by atoms with Crippen LogP contribution in [0.3, 0.4) is 0 Å². The topological polar surface area (TPSA) is 95.1 Å². The number of benzene rings is 2. The van der Waals surface area contributed by atoms with Crippen molar-refractivity contribution in [3.8, 4) is 11.1 Å². The number of hydrogen-bond acceptors (Lipinski definition) is 7. The number of anilines is 3. The van der Waals surface area contributed by atoms with E-state index in [1.165, 1.54) is 25.9 Å². The van der Waals surface area contributed by atoms with Crippen molar-refractivity contribution in [1.29, 1.82) is 0 Å². The summed E-state index contributed by atoms with van der Waals surface area (Å²) in [4.78, 5) is 28.2. The lowest BCUT2D eigenvalue weighted by atomic mass is 10.0. The Morgan fingerprint density at radius 2 is 1.86 bits per heavy atom. The molecule has 0 aliphatic carbocycles. The van der Waals surface area contributed by atoms with Gasteiger partial charge in [-0.05, 0) is 55.8 Å². The summed E-state index contributed by atoms with van der Waals surface area (Å²) in [5, 5.41) is 10.3. The minimum absolute atomic E-state index is 0.0276. The third-order valence-electron chi connectivity index (χ3n) is 6.44. The molecule has 8 nitrogen and oxygen atoms in total. The van der Waals surface area contributed by atoms with Crippen LogP contribution in [-0.2, 0) is 11.2 Å². The minimum atomic E-state index is -0.0276. The number of nitrogens with zero attached hydrogens (tertiary/aromatic N) is 4. The molecule has 184 valence electrons. The molecule has 0 atom stereocenters. The van der Waals surface area contributed by atoms with E-state index in [4.69, 9.17) is 4.98 Å². The maximum absolute atomic E-state index is 11.7. The average molecular weight is 482 g/mol. The molecule has 8 heteroatoms. The van der Waals surface area contributed by atoms with Gasteiger partial charge in [0.1, 0.15) is 5.82 Å². The Morgan fingerprint density at radius 3 is 2.67 bits per heavy atom. The van der Waals surface area contributed by atoms with Crippen LogP contribution in [0.1, 0.15) is 18.4 Å². The highest BCUT2D eigenvalue weighted by atomic mass is 16.1. The number of likely N-dealkylation sites (tertiary alicyclic amines) is 1. The summed E-state index contributed by atoms with van der Waals surface area (Å²) in [5.74, 6) is 1.35. The lowest BCUT2D eigenvalue weighted by Crippen LogP contribution is -2.26. The zero-order valence-corrected chi connectivity index (χ0v) is 20.5. The van der Waals surface area contributed by atoms with Crippen LogP contribution in [0.25, 0.3) is 22.0 Å². The minimum Gasteiger partial charge on any atom is -0.369 e. The smallest absolute Gasteiger partial charge is 0.227 e. The van der Waals surface area contributed by atoms with E-state index in [0.717, 1.165) is 52.2 Å². The Bertz CT molecular complexity index is 1330. The molecule has 2 aromatic heterocycles. The molecule has 0 bridgehead atoms. The van der Waals surface area contributed by atoms with Gasteiger partial charge >= 0.3 is 0 Å². The number of para-hydroxylation sites is 1. The van der Waals surface area contributed by atoms with Crippen molar-refractivity contribution in [3.05, 3.63) is 72.6 Å². The predicted octanol–water partition coefficient (Wildman–Crippen LogP) is 4.23. The summed E-state index contributed by atoms with van der Waals surface area (Å²) in [5.41, 5.74) is 4.61. The van der Waals surface area contributed by atoms with Gasteiger partial charge in [-0.3, -0.25) is 4.79 Å². The molecule has 0 saturated carbocycles. The Labute approximate surface area is 211 Å². The molecular weight excluding hydrogens is 450 g/mol. The van der Waals surface area contributed by atoms with E-state index >= 15 is 0 Å². The number of rotatable bonds is 9. The lowest BCUT2D eigenvalue weighted by Gasteiger charge is -2.15. The van der Waals surface area contributed by atoms with Crippen molar-refractivity contribution in [1.82, 2.24) is 25.2 Å². The lowest BCUT2D eigenvalue weighted by molar-refractivity contribution is -0.119. The number of fused-ring (bicyclic) bond motifs is 1. The molecule has 36 heavy (non-hydrogen) atoms. The van der Waals surface area contributed by atoms with E-state index in [1.807, 2.05) is 54.9 Å². The molecule has 3 heterocycles. The van der Waals surface area contributed by atoms with Gasteiger partial charge in [0.25, 0.3) is 0 Å². The number of hydrogen-bond donors (Lipinski definition) is 3. The van der Waals surface area contributed by atoms with Gasteiger partial charge in [0.2, 0.25) is 11.9 Å². The first-order valence-corrected chi connectivity index (χ1v) is 12.4. The maximum Gasteiger partial charge on any atom is 0.227 e. The zero-order chi connectivity index (χ0) is 24.7. The molecule has 0 radical (unpaired) electrons. The number of pyridine rings is 1. The molecule has 1 aliphatic rings. The summed E-state index contributed by atoms with van der Waals surface area (Å²) in [6.07, 6.45) is 6.66. The third-order valence-corrected chi connectivity index (χ3v) is 6.44. The summed E-state index contributed by atoms with van der Waals surface area (Å²) in [6, 6.07) is 17.9. The fraction of sp³-hybridized carbons (Fsp3) is 0.286. The number of aromatic nitrogens is 3. The number of carbonyl (C=O) groups is 1. The number of nitrogens with one attached hydrogen (secondary N) is 3. The van der Waals surface area contributed by atoms with E-state index in [-0.39, 0.29) is 5.91 Å². The van der Waals surface area contributed by atoms with E-state index in [0.29, 0.717) is 12.4 Å². The van der Waals surface area contributed by atoms with Crippen molar-refractivity contribution < 1.29 is 4.79 Å². The van der Waals surface area contributed by atoms with E-state index in [1.54, 1.807) is 7.05 Å². The summed E-state index contributed by atoms with van der Waals surface area (Å²) < 4.78 is 0. The summed E-state index contributed by atoms with van der Waals surface area (Å²) >= 11 is 0. The van der Waals surface area contributed by atoms with Crippen molar-refractivity contribution in [3.63, 3.8) is 0 Å². The van der Waals surface area contributed by atoms with E-state index < -0.39 is 0 Å². The standard InChI is InChI=1S/C28H31N7O/c1-29-26(36)17-20-6-4-8-23(16-20)33-28-32-19-22-7-5-9-24(27(22)34-28)21-10-11-25(31-18-21)30-12-15-35-13-2-3-14-35/h4-11,16,18-19H,2-3,12-15,17H2,1H3,(H,29,36)(H,30,31)(H,32,33,34). The Hall–Kier alpha value is -4.04. The van der Waals surface area contributed by atoms with Crippen LogP contribution in [-0.4, -0.2) is 59.0 Å².